The highest BCUT2D eigenvalue weighted by atomic mass is 28.4. The zero-order chi connectivity index (χ0) is 29.4. The first-order valence-electron chi connectivity index (χ1n) is 14.7. The minimum absolute atomic E-state index is 0.165. The second kappa shape index (κ2) is 13.8. The average Bonchev–Trinajstić information content (AvgIpc) is 2.88. The van der Waals surface area contributed by atoms with Crippen molar-refractivity contribution in [1.29, 1.82) is 0 Å². The predicted octanol–water partition coefficient (Wildman–Crippen LogP) is 10.1. The summed E-state index contributed by atoms with van der Waals surface area (Å²) in [5.41, 5.74) is 4.48. The number of hydrogen-bond donors (Lipinski definition) is 0. The topological polar surface area (TPSA) is 44.8 Å². The minimum Gasteiger partial charge on any atom is -0.455 e. The highest BCUT2D eigenvalue weighted by Gasteiger charge is 2.32. The minimum atomic E-state index is -1.76. The molecular formula is C34H48O4Si2. The highest BCUT2D eigenvalue weighted by molar-refractivity contribution is 6.84. The average molecular weight is 577 g/mol. The second-order valence-corrected chi connectivity index (χ2v) is 21.5. The van der Waals surface area contributed by atoms with E-state index < -0.39 is 22.8 Å². The molecule has 0 radical (unpaired) electrons. The molecule has 40 heavy (non-hydrogen) atoms. The summed E-state index contributed by atoms with van der Waals surface area (Å²) in [5, 5.41) is 0. The number of hydrogen-bond acceptors (Lipinski definition) is 4. The lowest BCUT2D eigenvalue weighted by Gasteiger charge is -2.34. The van der Waals surface area contributed by atoms with Crippen LogP contribution in [0.4, 0.5) is 4.79 Å². The summed E-state index contributed by atoms with van der Waals surface area (Å²) in [4.78, 5) is 12.7. The lowest BCUT2D eigenvalue weighted by molar-refractivity contribution is 0.151. The number of para-hydroxylation sites is 1. The summed E-state index contributed by atoms with van der Waals surface area (Å²) in [7, 11) is -3.37. The molecule has 0 saturated carbocycles. The fourth-order valence-corrected chi connectivity index (χ4v) is 14.3. The Morgan fingerprint density at radius 2 is 1.30 bits per heavy atom. The van der Waals surface area contributed by atoms with Crippen LogP contribution in [0.5, 0.6) is 11.5 Å². The third kappa shape index (κ3) is 9.46. The van der Waals surface area contributed by atoms with E-state index >= 15 is 0 Å². The van der Waals surface area contributed by atoms with Gasteiger partial charge in [-0.2, -0.15) is 0 Å². The summed E-state index contributed by atoms with van der Waals surface area (Å²) < 4.78 is 18.0. The Morgan fingerprint density at radius 3 is 1.90 bits per heavy atom. The Hall–Kier alpha value is -2.68. The van der Waals surface area contributed by atoms with Crippen LogP contribution in [0.2, 0.25) is 38.3 Å². The monoisotopic (exact) mass is 576 g/mol. The summed E-state index contributed by atoms with van der Waals surface area (Å²) >= 11 is 0. The van der Waals surface area contributed by atoms with Crippen molar-refractivity contribution in [1.82, 2.24) is 0 Å². The zero-order valence-electron chi connectivity index (χ0n) is 25.8. The Labute approximate surface area is 244 Å². The lowest BCUT2D eigenvalue weighted by atomic mass is 9.78. The van der Waals surface area contributed by atoms with Crippen LogP contribution >= 0.6 is 0 Å². The van der Waals surface area contributed by atoms with Gasteiger partial charge in [-0.1, -0.05) is 93.8 Å². The van der Waals surface area contributed by atoms with Gasteiger partial charge >= 0.3 is 6.16 Å². The quantitative estimate of drug-likeness (QED) is 0.115. The van der Waals surface area contributed by atoms with E-state index in [1.54, 1.807) is 0 Å². The number of rotatable bonds is 13. The van der Waals surface area contributed by atoms with Gasteiger partial charge in [0.05, 0.1) is 0 Å². The van der Waals surface area contributed by atoms with Crippen molar-refractivity contribution >= 4 is 22.8 Å². The molecule has 0 aromatic heterocycles. The molecule has 3 aromatic carbocycles. The molecule has 4 nitrogen and oxygen atoms in total. The molecule has 0 fully saturated rings. The van der Waals surface area contributed by atoms with Crippen molar-refractivity contribution in [2.24, 2.45) is 0 Å². The van der Waals surface area contributed by atoms with E-state index in [-0.39, 0.29) is 5.41 Å². The Kier molecular flexibility index (Phi) is 11.0. The SMILES string of the molecule is CCCC[Si](C)(C)O[Si](C)(C)CCCc1ccccc1OC(=O)Oc1ccc(C(C)(C)c2ccc(C)cc2)cc1. The molecule has 0 N–H and O–H groups in total. The van der Waals surface area contributed by atoms with Gasteiger partial charge in [-0.3, -0.25) is 0 Å². The van der Waals surface area contributed by atoms with E-state index in [2.05, 4.69) is 78.1 Å². The Morgan fingerprint density at radius 1 is 0.750 bits per heavy atom. The first-order valence-corrected chi connectivity index (χ1v) is 20.9. The highest BCUT2D eigenvalue weighted by Crippen LogP contribution is 2.33. The molecule has 3 aromatic rings. The Bertz CT molecular complexity index is 1230. The van der Waals surface area contributed by atoms with Crippen molar-refractivity contribution < 1.29 is 18.4 Å². The third-order valence-electron chi connectivity index (χ3n) is 7.63. The number of carbonyl (C=O) groups excluding carboxylic acids is 1. The van der Waals surface area contributed by atoms with Crippen LogP contribution in [0.25, 0.3) is 0 Å². The molecule has 6 heteroatoms. The molecule has 0 heterocycles. The largest absolute Gasteiger partial charge is 0.519 e. The normalized spacial score (nSPS) is 12.3. The first-order chi connectivity index (χ1) is 18.8. The number of carbonyl (C=O) groups is 1. The standard InChI is InChI=1S/C34H48O4Si2/c1-9-10-25-39(5,6)38-40(7,8)26-13-15-28-14-11-12-16-32(28)37-33(35)36-31-23-21-30(22-24-31)34(3,4)29-19-17-27(2)18-20-29/h11-12,14,16-24H,9-10,13,15,25-26H2,1-8H3. The van der Waals surface area contributed by atoms with Gasteiger partial charge in [-0.25, -0.2) is 4.79 Å². The molecule has 0 atom stereocenters. The molecule has 0 bridgehead atoms. The fourth-order valence-electron chi connectivity index (χ4n) is 5.25. The third-order valence-corrected chi connectivity index (χ3v) is 15.2. The van der Waals surface area contributed by atoms with Gasteiger partial charge in [0.2, 0.25) is 0 Å². The number of unbranched alkanes of at least 4 members (excludes halogenated alkanes) is 1. The van der Waals surface area contributed by atoms with Crippen LogP contribution in [-0.2, 0) is 16.0 Å². The van der Waals surface area contributed by atoms with Crippen molar-refractivity contribution in [2.75, 3.05) is 0 Å². The first kappa shape index (κ1) is 31.8. The molecule has 0 unspecified atom stereocenters. The van der Waals surface area contributed by atoms with Crippen molar-refractivity contribution in [3.8, 4) is 11.5 Å². The molecule has 3 rings (SSSR count). The molecule has 0 aliphatic carbocycles. The van der Waals surface area contributed by atoms with Crippen LogP contribution in [-0.4, -0.2) is 22.8 Å². The van der Waals surface area contributed by atoms with Crippen molar-refractivity contribution in [2.45, 2.75) is 97.1 Å². The molecule has 0 spiro atoms. The van der Waals surface area contributed by atoms with E-state index in [1.807, 2.05) is 48.5 Å². The van der Waals surface area contributed by atoms with E-state index in [4.69, 9.17) is 13.6 Å². The second-order valence-electron chi connectivity index (χ2n) is 12.7. The molecule has 0 aliphatic heterocycles. The van der Waals surface area contributed by atoms with E-state index in [0.717, 1.165) is 30.0 Å². The summed E-state index contributed by atoms with van der Waals surface area (Å²) in [6.07, 6.45) is 3.59. The van der Waals surface area contributed by atoms with E-state index in [1.165, 1.54) is 30.0 Å². The summed E-state index contributed by atoms with van der Waals surface area (Å²) in [6.45, 7) is 18.1. The molecule has 216 valence electrons. The maximum atomic E-state index is 12.7. The summed E-state index contributed by atoms with van der Waals surface area (Å²) in [6, 6.07) is 26.3. The van der Waals surface area contributed by atoms with Gasteiger partial charge in [0, 0.05) is 5.41 Å². The molecular weight excluding hydrogens is 529 g/mol. The lowest BCUT2D eigenvalue weighted by Crippen LogP contribution is -2.44. The summed E-state index contributed by atoms with van der Waals surface area (Å²) in [5.74, 6) is 1.02. The van der Waals surface area contributed by atoms with Gasteiger partial charge < -0.3 is 13.6 Å². The molecule has 0 saturated heterocycles. The smallest absolute Gasteiger partial charge is 0.455 e. The van der Waals surface area contributed by atoms with Crippen LogP contribution < -0.4 is 9.47 Å². The van der Waals surface area contributed by atoms with E-state index in [0.29, 0.717) is 11.5 Å². The molecule has 0 amide bonds. The van der Waals surface area contributed by atoms with Gasteiger partial charge in [-0.05, 0) is 92.9 Å². The van der Waals surface area contributed by atoms with Gasteiger partial charge in [-0.15, -0.1) is 0 Å². The Balaban J connectivity index is 1.56. The molecule has 0 aliphatic rings. The van der Waals surface area contributed by atoms with Crippen LogP contribution in [0.15, 0.2) is 72.8 Å². The van der Waals surface area contributed by atoms with Crippen molar-refractivity contribution in [3.63, 3.8) is 0 Å². The predicted molar refractivity (Wildman–Crippen MR) is 172 cm³/mol. The number of ether oxygens (including phenoxy) is 2. The van der Waals surface area contributed by atoms with Gasteiger partial charge in [0.1, 0.15) is 11.5 Å². The van der Waals surface area contributed by atoms with Crippen LogP contribution in [0.1, 0.15) is 62.3 Å². The fraction of sp³-hybridized carbons (Fsp3) is 0.441. The zero-order valence-corrected chi connectivity index (χ0v) is 27.8. The maximum Gasteiger partial charge on any atom is 0.519 e. The van der Waals surface area contributed by atoms with Crippen LogP contribution in [0.3, 0.4) is 0 Å². The number of aryl methyl sites for hydroxylation is 2. The number of benzene rings is 3. The van der Waals surface area contributed by atoms with Gasteiger partial charge in [0.15, 0.2) is 16.6 Å². The van der Waals surface area contributed by atoms with Crippen LogP contribution in [0, 0.1) is 6.92 Å². The maximum absolute atomic E-state index is 12.7. The van der Waals surface area contributed by atoms with Crippen molar-refractivity contribution in [3.05, 3.63) is 95.1 Å². The van der Waals surface area contributed by atoms with E-state index in [9.17, 15) is 4.79 Å². The van der Waals surface area contributed by atoms with Gasteiger partial charge in [0.25, 0.3) is 0 Å².